The molecule has 0 bridgehead atoms. The third-order valence-electron chi connectivity index (χ3n) is 2.69. The van der Waals surface area contributed by atoms with Gasteiger partial charge < -0.3 is 0 Å². The van der Waals surface area contributed by atoms with Gasteiger partial charge in [-0.2, -0.15) is 0 Å². The van der Waals surface area contributed by atoms with Gasteiger partial charge in [0.05, 0.1) is 10.0 Å². The Bertz CT molecular complexity index is 732. The van der Waals surface area contributed by atoms with E-state index in [-0.39, 0.29) is 0 Å². The molecule has 0 saturated carbocycles. The summed E-state index contributed by atoms with van der Waals surface area (Å²) in [4.78, 5) is 0. The van der Waals surface area contributed by atoms with Gasteiger partial charge in [-0.3, -0.25) is 0 Å². The van der Waals surface area contributed by atoms with Gasteiger partial charge in [0, 0.05) is 16.5 Å². The molecule has 82 valence electrons. The van der Waals surface area contributed by atoms with Crippen molar-refractivity contribution in [2.75, 3.05) is 0 Å². The number of halogens is 3. The van der Waals surface area contributed by atoms with Crippen molar-refractivity contribution in [1.29, 1.82) is 0 Å². The third-order valence-corrected chi connectivity index (χ3v) is 3.68. The van der Waals surface area contributed by atoms with E-state index in [9.17, 15) is 0 Å². The van der Waals surface area contributed by atoms with Crippen molar-refractivity contribution >= 4 is 56.3 Å². The second-order valence-corrected chi connectivity index (χ2v) is 4.92. The highest BCUT2D eigenvalue weighted by Crippen LogP contribution is 2.36. The Kier molecular flexibility index (Phi) is 2.67. The summed E-state index contributed by atoms with van der Waals surface area (Å²) >= 11 is 18.2. The van der Waals surface area contributed by atoms with Crippen molar-refractivity contribution in [2.45, 2.75) is 0 Å². The van der Waals surface area contributed by atoms with E-state index >= 15 is 0 Å². The van der Waals surface area contributed by atoms with Gasteiger partial charge in [0.25, 0.3) is 0 Å². The number of hydrogen-bond donors (Lipinski definition) is 0. The van der Waals surface area contributed by atoms with Crippen LogP contribution in [-0.4, -0.2) is 0 Å². The van der Waals surface area contributed by atoms with E-state index in [1.807, 2.05) is 30.3 Å². The van der Waals surface area contributed by atoms with Gasteiger partial charge in [0.15, 0.2) is 0 Å². The summed E-state index contributed by atoms with van der Waals surface area (Å²) < 4.78 is 0. The molecule has 3 rings (SSSR count). The van der Waals surface area contributed by atoms with Crippen LogP contribution in [0, 0.1) is 12.1 Å². The van der Waals surface area contributed by atoms with E-state index in [0.717, 1.165) is 21.5 Å². The molecule has 0 aromatic heterocycles. The SMILES string of the molecule is Clc1[c]c2c(Cl)cc3c[c]ccc3c2cc1Cl. The molecule has 0 atom stereocenters. The van der Waals surface area contributed by atoms with Gasteiger partial charge in [-0.1, -0.05) is 46.9 Å². The van der Waals surface area contributed by atoms with Gasteiger partial charge in [-0.05, 0) is 40.4 Å². The van der Waals surface area contributed by atoms with E-state index < -0.39 is 0 Å². The average molecular weight is 280 g/mol. The van der Waals surface area contributed by atoms with E-state index in [0.29, 0.717) is 15.1 Å². The minimum absolute atomic E-state index is 0.392. The molecule has 0 amide bonds. The highest BCUT2D eigenvalue weighted by Gasteiger charge is 2.08. The van der Waals surface area contributed by atoms with Crippen LogP contribution < -0.4 is 0 Å². The van der Waals surface area contributed by atoms with E-state index in [1.165, 1.54) is 0 Å². The van der Waals surface area contributed by atoms with Crippen LogP contribution in [0.3, 0.4) is 0 Å². The van der Waals surface area contributed by atoms with Crippen LogP contribution in [0.1, 0.15) is 0 Å². The molecule has 3 heteroatoms. The Hall–Kier alpha value is -0.950. The van der Waals surface area contributed by atoms with Crippen LogP contribution in [0.4, 0.5) is 0 Å². The number of hydrogen-bond acceptors (Lipinski definition) is 0. The van der Waals surface area contributed by atoms with E-state index in [2.05, 4.69) is 12.1 Å². The number of benzene rings is 3. The minimum atomic E-state index is 0.392. The summed E-state index contributed by atoms with van der Waals surface area (Å²) in [6.45, 7) is 0. The first-order chi connectivity index (χ1) is 8.16. The molecule has 3 aromatic carbocycles. The summed E-state index contributed by atoms with van der Waals surface area (Å²) in [6.07, 6.45) is 0. The molecular formula is C14H5Cl3. The molecule has 2 radical (unpaired) electrons. The monoisotopic (exact) mass is 278 g/mol. The summed E-state index contributed by atoms with van der Waals surface area (Å²) in [5.74, 6) is 0. The Morgan fingerprint density at radius 1 is 0.941 bits per heavy atom. The van der Waals surface area contributed by atoms with Crippen molar-refractivity contribution in [2.24, 2.45) is 0 Å². The standard InChI is InChI=1S/C14H5Cl3/c15-12-5-8-3-1-2-4-9(8)10-6-13(16)14(17)7-11(10)12/h2-6H. The van der Waals surface area contributed by atoms with Gasteiger partial charge in [0.2, 0.25) is 0 Å². The fourth-order valence-electron chi connectivity index (χ4n) is 1.92. The molecule has 0 saturated heterocycles. The van der Waals surface area contributed by atoms with Crippen LogP contribution in [0.2, 0.25) is 15.1 Å². The predicted molar refractivity (Wildman–Crippen MR) is 74.2 cm³/mol. The van der Waals surface area contributed by atoms with E-state index in [1.54, 1.807) is 0 Å². The van der Waals surface area contributed by atoms with Crippen molar-refractivity contribution in [1.82, 2.24) is 0 Å². The second kappa shape index (κ2) is 4.06. The minimum Gasteiger partial charge on any atom is -0.0836 e. The molecule has 0 fully saturated rings. The Balaban J connectivity index is 2.60. The number of fused-ring (bicyclic) bond motifs is 3. The molecule has 0 nitrogen and oxygen atoms in total. The lowest BCUT2D eigenvalue weighted by Gasteiger charge is -2.07. The molecule has 0 unspecified atom stereocenters. The maximum atomic E-state index is 6.21. The van der Waals surface area contributed by atoms with Crippen LogP contribution in [0.25, 0.3) is 21.5 Å². The summed E-state index contributed by atoms with van der Waals surface area (Å²) in [6, 6.07) is 15.5. The van der Waals surface area contributed by atoms with Crippen molar-refractivity contribution in [3.05, 3.63) is 57.5 Å². The molecule has 0 aliphatic heterocycles. The zero-order chi connectivity index (χ0) is 12.0. The molecule has 17 heavy (non-hydrogen) atoms. The van der Waals surface area contributed by atoms with Crippen molar-refractivity contribution < 1.29 is 0 Å². The Morgan fingerprint density at radius 3 is 2.59 bits per heavy atom. The molecule has 0 aliphatic rings. The van der Waals surface area contributed by atoms with Crippen LogP contribution in [0.5, 0.6) is 0 Å². The predicted octanol–water partition coefficient (Wildman–Crippen LogP) is 5.55. The molecule has 0 N–H and O–H groups in total. The number of rotatable bonds is 0. The van der Waals surface area contributed by atoms with Gasteiger partial charge in [-0.25, -0.2) is 0 Å². The normalized spacial score (nSPS) is 11.2. The highest BCUT2D eigenvalue weighted by atomic mass is 35.5. The third kappa shape index (κ3) is 1.77. The lowest BCUT2D eigenvalue weighted by atomic mass is 10.0. The maximum absolute atomic E-state index is 6.21. The lowest BCUT2D eigenvalue weighted by molar-refractivity contribution is 1.74. The average Bonchev–Trinajstić information content (AvgIpc) is 2.32. The topological polar surface area (TPSA) is 0 Å². The van der Waals surface area contributed by atoms with Crippen molar-refractivity contribution in [3.8, 4) is 0 Å². The zero-order valence-corrected chi connectivity index (χ0v) is 10.8. The smallest absolute Gasteiger partial charge is 0.0678 e. The van der Waals surface area contributed by atoms with Gasteiger partial charge in [0.1, 0.15) is 0 Å². The van der Waals surface area contributed by atoms with E-state index in [4.69, 9.17) is 34.8 Å². The first-order valence-corrected chi connectivity index (χ1v) is 6.09. The summed E-state index contributed by atoms with van der Waals surface area (Å²) in [7, 11) is 0. The second-order valence-electron chi connectivity index (χ2n) is 3.73. The summed E-state index contributed by atoms with van der Waals surface area (Å²) in [5.41, 5.74) is 0. The first kappa shape index (κ1) is 11.2. The Labute approximate surface area is 114 Å². The molecule has 0 heterocycles. The fourth-order valence-corrected chi connectivity index (χ4v) is 2.49. The first-order valence-electron chi connectivity index (χ1n) is 4.96. The van der Waals surface area contributed by atoms with Crippen LogP contribution in [-0.2, 0) is 0 Å². The largest absolute Gasteiger partial charge is 0.0836 e. The lowest BCUT2D eigenvalue weighted by Crippen LogP contribution is -1.81. The Morgan fingerprint density at radius 2 is 1.76 bits per heavy atom. The van der Waals surface area contributed by atoms with Gasteiger partial charge in [-0.15, -0.1) is 0 Å². The highest BCUT2D eigenvalue weighted by molar-refractivity contribution is 6.44. The molecule has 0 spiro atoms. The zero-order valence-electron chi connectivity index (χ0n) is 8.52. The maximum Gasteiger partial charge on any atom is 0.0678 e. The van der Waals surface area contributed by atoms with Gasteiger partial charge >= 0.3 is 0 Å². The molecular weight excluding hydrogens is 275 g/mol. The molecule has 3 aromatic rings. The quantitative estimate of drug-likeness (QED) is 0.473. The molecule has 0 aliphatic carbocycles. The summed E-state index contributed by atoms with van der Waals surface area (Å²) in [5, 5.41) is 5.33. The fraction of sp³-hybridized carbons (Fsp3) is 0. The van der Waals surface area contributed by atoms with Crippen LogP contribution >= 0.6 is 34.8 Å². The van der Waals surface area contributed by atoms with Crippen molar-refractivity contribution in [3.63, 3.8) is 0 Å². The van der Waals surface area contributed by atoms with Crippen LogP contribution in [0.15, 0.2) is 30.3 Å².